The van der Waals surface area contributed by atoms with Crippen LogP contribution in [-0.2, 0) is 0 Å². The molecule has 0 bridgehead atoms. The number of carbonyl (C=O) groups is 1. The normalized spacial score (nSPS) is 10.6. The number of carboxylic acids is 1. The molecule has 1 N–H and O–H groups in total. The van der Waals surface area contributed by atoms with E-state index >= 15 is 0 Å². The highest BCUT2D eigenvalue weighted by Gasteiger charge is 2.19. The predicted octanol–water partition coefficient (Wildman–Crippen LogP) is 1.80. The summed E-state index contributed by atoms with van der Waals surface area (Å²) in [5.74, 6) is -1.16. The third-order valence-electron chi connectivity index (χ3n) is 3.04. The Kier molecular flexibility index (Phi) is 3.23. The Balaban J connectivity index is 2.62. The molecule has 1 heterocycles. The number of hydrogen-bond acceptors (Lipinski definition) is 5. The molecule has 0 aliphatic carbocycles. The second-order valence-corrected chi connectivity index (χ2v) is 4.42. The van der Waals surface area contributed by atoms with E-state index in [-0.39, 0.29) is 11.4 Å². The second-order valence-electron chi connectivity index (χ2n) is 4.42. The van der Waals surface area contributed by atoms with E-state index in [9.17, 15) is 14.9 Å². The zero-order chi connectivity index (χ0) is 15.0. The van der Waals surface area contributed by atoms with Crippen molar-refractivity contribution in [3.8, 4) is 5.69 Å². The van der Waals surface area contributed by atoms with E-state index < -0.39 is 10.9 Å². The molecule has 0 radical (unpaired) electrons. The minimum absolute atomic E-state index is 0.0162. The van der Waals surface area contributed by atoms with E-state index in [1.165, 1.54) is 10.7 Å². The first-order valence-electron chi connectivity index (χ1n) is 5.74. The molecule has 2 aromatic rings. The Hall–Kier alpha value is -2.77. The Morgan fingerprint density at radius 2 is 1.95 bits per heavy atom. The van der Waals surface area contributed by atoms with Gasteiger partial charge in [0.15, 0.2) is 5.69 Å². The molecule has 0 saturated carbocycles. The minimum Gasteiger partial charge on any atom is -0.476 e. The van der Waals surface area contributed by atoms with E-state index in [0.717, 1.165) is 0 Å². The van der Waals surface area contributed by atoms with Gasteiger partial charge in [-0.1, -0.05) is 5.21 Å². The number of benzene rings is 1. The number of nitro groups is 1. The maximum atomic E-state index is 11.0. The summed E-state index contributed by atoms with van der Waals surface area (Å²) in [4.78, 5) is 21.4. The molecule has 0 fully saturated rings. The minimum atomic E-state index is -1.16. The first-order chi connectivity index (χ1) is 9.32. The van der Waals surface area contributed by atoms with Gasteiger partial charge in [0.1, 0.15) is 0 Å². The Bertz CT molecular complexity index is 720. The van der Waals surface area contributed by atoms with Crippen molar-refractivity contribution >= 4 is 11.7 Å². The largest absolute Gasteiger partial charge is 0.476 e. The molecule has 0 unspecified atom stereocenters. The third-order valence-corrected chi connectivity index (χ3v) is 3.04. The van der Waals surface area contributed by atoms with Gasteiger partial charge in [-0.3, -0.25) is 10.1 Å². The molecule has 0 saturated heterocycles. The van der Waals surface area contributed by atoms with Gasteiger partial charge in [0.2, 0.25) is 0 Å². The monoisotopic (exact) mass is 276 g/mol. The molecule has 0 aliphatic heterocycles. The van der Waals surface area contributed by atoms with Crippen LogP contribution in [0.4, 0.5) is 5.69 Å². The van der Waals surface area contributed by atoms with Crippen LogP contribution in [-0.4, -0.2) is 31.0 Å². The molecule has 8 nitrogen and oxygen atoms in total. The Morgan fingerprint density at radius 3 is 2.45 bits per heavy atom. The standard InChI is InChI=1S/C12H12N4O4/c1-6-5-10(16(19)20)7(2)4-9(6)15-8(3)11(12(17)18)13-14-15/h4-5H,1-3H3,(H,17,18). The van der Waals surface area contributed by atoms with E-state index in [0.29, 0.717) is 22.5 Å². The van der Waals surface area contributed by atoms with Gasteiger partial charge in [-0.2, -0.15) is 0 Å². The van der Waals surface area contributed by atoms with Crippen molar-refractivity contribution in [1.29, 1.82) is 0 Å². The Morgan fingerprint density at radius 1 is 1.30 bits per heavy atom. The fourth-order valence-electron chi connectivity index (χ4n) is 1.97. The van der Waals surface area contributed by atoms with Crippen LogP contribution in [0.2, 0.25) is 0 Å². The smallest absolute Gasteiger partial charge is 0.358 e. The molecule has 2 rings (SSSR count). The summed E-state index contributed by atoms with van der Waals surface area (Å²) < 4.78 is 1.37. The van der Waals surface area contributed by atoms with Gasteiger partial charge in [0, 0.05) is 11.6 Å². The van der Waals surface area contributed by atoms with E-state index in [1.807, 2.05) is 0 Å². The summed E-state index contributed by atoms with van der Waals surface area (Å²) in [6, 6.07) is 3.03. The number of hydrogen-bond donors (Lipinski definition) is 1. The summed E-state index contributed by atoms with van der Waals surface area (Å²) >= 11 is 0. The molecule has 1 aromatic heterocycles. The van der Waals surface area contributed by atoms with Gasteiger partial charge in [-0.05, 0) is 32.4 Å². The van der Waals surface area contributed by atoms with Crippen molar-refractivity contribution < 1.29 is 14.8 Å². The number of carboxylic acid groups (broad SMARTS) is 1. The average Bonchev–Trinajstić information content (AvgIpc) is 2.73. The van der Waals surface area contributed by atoms with Crippen LogP contribution in [0.3, 0.4) is 0 Å². The van der Waals surface area contributed by atoms with Crippen molar-refractivity contribution in [2.24, 2.45) is 0 Å². The van der Waals surface area contributed by atoms with Crippen molar-refractivity contribution in [3.05, 3.63) is 44.8 Å². The number of aromatic carboxylic acids is 1. The summed E-state index contributed by atoms with van der Waals surface area (Å²) in [7, 11) is 0. The zero-order valence-corrected chi connectivity index (χ0v) is 11.1. The predicted molar refractivity (Wildman–Crippen MR) is 69.2 cm³/mol. The molecular formula is C12H12N4O4. The molecule has 0 spiro atoms. The fraction of sp³-hybridized carbons (Fsp3) is 0.250. The lowest BCUT2D eigenvalue weighted by molar-refractivity contribution is -0.385. The number of rotatable bonds is 3. The number of aryl methyl sites for hydroxylation is 2. The fourth-order valence-corrected chi connectivity index (χ4v) is 1.97. The number of nitro benzene ring substituents is 1. The van der Waals surface area contributed by atoms with Gasteiger partial charge in [-0.25, -0.2) is 9.48 Å². The molecule has 8 heteroatoms. The summed E-state index contributed by atoms with van der Waals surface area (Å²) in [6.07, 6.45) is 0. The topological polar surface area (TPSA) is 111 Å². The van der Waals surface area contributed by atoms with Crippen LogP contribution in [0.5, 0.6) is 0 Å². The van der Waals surface area contributed by atoms with Crippen molar-refractivity contribution in [2.75, 3.05) is 0 Å². The van der Waals surface area contributed by atoms with Gasteiger partial charge in [0.25, 0.3) is 5.69 Å². The lowest BCUT2D eigenvalue weighted by Crippen LogP contribution is -2.05. The maximum Gasteiger partial charge on any atom is 0.358 e. The molecule has 0 atom stereocenters. The van der Waals surface area contributed by atoms with Crippen molar-refractivity contribution in [3.63, 3.8) is 0 Å². The first-order valence-corrected chi connectivity index (χ1v) is 5.74. The highest BCUT2D eigenvalue weighted by molar-refractivity contribution is 5.86. The average molecular weight is 276 g/mol. The molecule has 0 aliphatic rings. The van der Waals surface area contributed by atoms with E-state index in [4.69, 9.17) is 5.11 Å². The van der Waals surface area contributed by atoms with Crippen LogP contribution in [0.15, 0.2) is 12.1 Å². The van der Waals surface area contributed by atoms with E-state index in [2.05, 4.69) is 10.3 Å². The van der Waals surface area contributed by atoms with Crippen LogP contribution < -0.4 is 0 Å². The summed E-state index contributed by atoms with van der Waals surface area (Å²) in [5.41, 5.74) is 1.91. The Labute approximate surface area is 113 Å². The van der Waals surface area contributed by atoms with Gasteiger partial charge >= 0.3 is 5.97 Å². The van der Waals surface area contributed by atoms with Crippen molar-refractivity contribution in [1.82, 2.24) is 15.0 Å². The maximum absolute atomic E-state index is 11.0. The van der Waals surface area contributed by atoms with Crippen LogP contribution >= 0.6 is 0 Å². The van der Waals surface area contributed by atoms with Gasteiger partial charge < -0.3 is 5.11 Å². The van der Waals surface area contributed by atoms with Gasteiger partial charge in [-0.15, -0.1) is 5.10 Å². The lowest BCUT2D eigenvalue weighted by atomic mass is 10.1. The van der Waals surface area contributed by atoms with Crippen molar-refractivity contribution in [2.45, 2.75) is 20.8 Å². The molecule has 20 heavy (non-hydrogen) atoms. The number of nitrogens with zero attached hydrogens (tertiary/aromatic N) is 4. The lowest BCUT2D eigenvalue weighted by Gasteiger charge is -2.08. The molecular weight excluding hydrogens is 264 g/mol. The summed E-state index contributed by atoms with van der Waals surface area (Å²) in [5, 5.41) is 27.2. The molecule has 0 amide bonds. The summed E-state index contributed by atoms with van der Waals surface area (Å²) in [6.45, 7) is 4.90. The van der Waals surface area contributed by atoms with E-state index in [1.54, 1.807) is 26.8 Å². The second kappa shape index (κ2) is 4.72. The van der Waals surface area contributed by atoms with Crippen LogP contribution in [0, 0.1) is 30.9 Å². The van der Waals surface area contributed by atoms with Crippen LogP contribution in [0.25, 0.3) is 5.69 Å². The molecule has 104 valence electrons. The van der Waals surface area contributed by atoms with Crippen LogP contribution in [0.1, 0.15) is 27.3 Å². The SMILES string of the molecule is Cc1cc([N+](=O)[O-])c(C)cc1-n1nnc(C(=O)O)c1C. The first kappa shape index (κ1) is 13.7. The number of aromatic nitrogens is 3. The third kappa shape index (κ3) is 2.11. The van der Waals surface area contributed by atoms with Gasteiger partial charge in [0.05, 0.1) is 16.3 Å². The highest BCUT2D eigenvalue weighted by atomic mass is 16.6. The zero-order valence-electron chi connectivity index (χ0n) is 11.1. The molecule has 1 aromatic carbocycles. The quantitative estimate of drug-likeness (QED) is 0.675. The highest BCUT2D eigenvalue weighted by Crippen LogP contribution is 2.25.